The fourth-order valence-corrected chi connectivity index (χ4v) is 3.17. The predicted molar refractivity (Wildman–Crippen MR) is 105 cm³/mol. The minimum absolute atomic E-state index is 0.0350. The summed E-state index contributed by atoms with van der Waals surface area (Å²) < 4.78 is 5.35. The van der Waals surface area contributed by atoms with Gasteiger partial charge in [-0.25, -0.2) is 9.97 Å². The van der Waals surface area contributed by atoms with Crippen LogP contribution in [-0.2, 0) is 11.3 Å². The third-order valence-corrected chi connectivity index (χ3v) is 4.72. The Morgan fingerprint density at radius 2 is 1.79 bits per heavy atom. The minimum Gasteiger partial charge on any atom is -0.496 e. The normalized spacial score (nSPS) is 14.0. The second kappa shape index (κ2) is 8.69. The maximum Gasteiger partial charge on any atom is 0.272 e. The van der Waals surface area contributed by atoms with Crippen LogP contribution in [0.15, 0.2) is 30.3 Å². The second-order valence-electron chi connectivity index (χ2n) is 6.68. The summed E-state index contributed by atoms with van der Waals surface area (Å²) in [4.78, 5) is 36.5. The van der Waals surface area contributed by atoms with E-state index < -0.39 is 0 Å². The first-order valence-corrected chi connectivity index (χ1v) is 9.24. The van der Waals surface area contributed by atoms with Gasteiger partial charge >= 0.3 is 0 Å². The van der Waals surface area contributed by atoms with Gasteiger partial charge < -0.3 is 19.9 Å². The molecule has 0 radical (unpaired) electrons. The molecule has 1 saturated heterocycles. The van der Waals surface area contributed by atoms with E-state index in [0.29, 0.717) is 50.1 Å². The van der Waals surface area contributed by atoms with Crippen LogP contribution in [0.2, 0.25) is 0 Å². The molecule has 1 aromatic carbocycles. The summed E-state index contributed by atoms with van der Waals surface area (Å²) in [6.45, 7) is 5.97. The third-order valence-electron chi connectivity index (χ3n) is 4.72. The highest BCUT2D eigenvalue weighted by Crippen LogP contribution is 2.18. The number of carbonyl (C=O) groups is 2. The lowest BCUT2D eigenvalue weighted by Gasteiger charge is -2.34. The first kappa shape index (κ1) is 19.6. The van der Waals surface area contributed by atoms with E-state index in [0.717, 1.165) is 11.3 Å². The van der Waals surface area contributed by atoms with Crippen LogP contribution in [0.3, 0.4) is 0 Å². The maximum absolute atomic E-state index is 12.8. The fourth-order valence-electron chi connectivity index (χ4n) is 3.17. The molecule has 1 N–H and O–H groups in total. The second-order valence-corrected chi connectivity index (χ2v) is 6.68. The van der Waals surface area contributed by atoms with Gasteiger partial charge in [-0.2, -0.15) is 0 Å². The minimum atomic E-state index is -0.144. The molecule has 148 valence electrons. The number of piperazine rings is 1. The number of methoxy groups -OCH3 is 1. The van der Waals surface area contributed by atoms with Crippen molar-refractivity contribution in [3.63, 3.8) is 0 Å². The number of ether oxygens (including phenoxy) is 1. The van der Waals surface area contributed by atoms with Gasteiger partial charge in [-0.15, -0.1) is 0 Å². The number of anilines is 1. The third kappa shape index (κ3) is 4.57. The molecule has 2 heterocycles. The van der Waals surface area contributed by atoms with Crippen molar-refractivity contribution in [1.29, 1.82) is 0 Å². The Morgan fingerprint density at radius 3 is 2.46 bits per heavy atom. The van der Waals surface area contributed by atoms with E-state index in [4.69, 9.17) is 4.74 Å². The molecule has 1 aliphatic heterocycles. The van der Waals surface area contributed by atoms with Gasteiger partial charge in [0.2, 0.25) is 11.9 Å². The van der Waals surface area contributed by atoms with E-state index in [1.165, 1.54) is 0 Å². The summed E-state index contributed by atoms with van der Waals surface area (Å²) in [5.41, 5.74) is 2.04. The Labute approximate surface area is 164 Å². The Kier molecular flexibility index (Phi) is 6.08. The van der Waals surface area contributed by atoms with Crippen LogP contribution in [-0.4, -0.2) is 64.9 Å². The molecule has 8 heteroatoms. The lowest BCUT2D eigenvalue weighted by molar-refractivity contribution is -0.130. The van der Waals surface area contributed by atoms with Crippen molar-refractivity contribution in [2.75, 3.05) is 38.6 Å². The monoisotopic (exact) mass is 383 g/mol. The molecule has 0 bridgehead atoms. The number of aromatic nitrogens is 2. The zero-order valence-corrected chi connectivity index (χ0v) is 16.4. The predicted octanol–water partition coefficient (Wildman–Crippen LogP) is 1.71. The Morgan fingerprint density at radius 1 is 1.11 bits per heavy atom. The highest BCUT2D eigenvalue weighted by Gasteiger charge is 2.24. The van der Waals surface area contributed by atoms with Gasteiger partial charge in [0, 0.05) is 50.9 Å². The van der Waals surface area contributed by atoms with E-state index in [1.54, 1.807) is 29.9 Å². The molecule has 2 aromatic rings. The summed E-state index contributed by atoms with van der Waals surface area (Å²) in [7, 11) is 1.63. The molecule has 28 heavy (non-hydrogen) atoms. The molecule has 0 saturated carbocycles. The van der Waals surface area contributed by atoms with Crippen molar-refractivity contribution >= 4 is 17.8 Å². The standard InChI is InChI=1S/C20H25N5O3/c1-14-12-17(19(27)25-10-8-24(9-11-25)15(2)26)23-20(22-14)21-13-16-6-4-5-7-18(16)28-3/h4-7,12H,8-11,13H2,1-3H3,(H,21,22,23). The number of hydrogen-bond acceptors (Lipinski definition) is 6. The molecule has 1 aromatic heterocycles. The van der Waals surface area contributed by atoms with E-state index in [-0.39, 0.29) is 11.8 Å². The van der Waals surface area contributed by atoms with Gasteiger partial charge in [0.05, 0.1) is 7.11 Å². The lowest BCUT2D eigenvalue weighted by Crippen LogP contribution is -2.50. The molecule has 3 rings (SSSR count). The largest absolute Gasteiger partial charge is 0.496 e. The molecule has 0 spiro atoms. The number of carbonyl (C=O) groups excluding carboxylic acids is 2. The summed E-state index contributed by atoms with van der Waals surface area (Å²) in [6.07, 6.45) is 0. The van der Waals surface area contributed by atoms with Crippen molar-refractivity contribution in [3.05, 3.63) is 47.3 Å². The van der Waals surface area contributed by atoms with Crippen molar-refractivity contribution in [3.8, 4) is 5.75 Å². The highest BCUT2D eigenvalue weighted by molar-refractivity contribution is 5.93. The first-order chi connectivity index (χ1) is 13.5. The summed E-state index contributed by atoms with van der Waals surface area (Å²) in [6, 6.07) is 9.39. The van der Waals surface area contributed by atoms with Crippen LogP contribution in [0.25, 0.3) is 0 Å². The van der Waals surface area contributed by atoms with Gasteiger partial charge in [0.1, 0.15) is 11.4 Å². The molecular formula is C20H25N5O3. The smallest absolute Gasteiger partial charge is 0.272 e. The average Bonchev–Trinajstić information content (AvgIpc) is 2.71. The van der Waals surface area contributed by atoms with Crippen LogP contribution < -0.4 is 10.1 Å². The molecule has 0 atom stereocenters. The zero-order valence-electron chi connectivity index (χ0n) is 16.4. The molecule has 0 unspecified atom stereocenters. The van der Waals surface area contributed by atoms with Crippen LogP contribution in [0, 0.1) is 6.92 Å². The highest BCUT2D eigenvalue weighted by atomic mass is 16.5. The molecular weight excluding hydrogens is 358 g/mol. The van der Waals surface area contributed by atoms with Gasteiger partial charge in [-0.1, -0.05) is 18.2 Å². The van der Waals surface area contributed by atoms with Crippen LogP contribution in [0.5, 0.6) is 5.75 Å². The molecule has 2 amide bonds. The summed E-state index contributed by atoms with van der Waals surface area (Å²) in [5, 5.41) is 3.17. The van der Waals surface area contributed by atoms with Crippen molar-refractivity contribution in [1.82, 2.24) is 19.8 Å². The zero-order chi connectivity index (χ0) is 20.1. The lowest BCUT2D eigenvalue weighted by atomic mass is 10.2. The number of hydrogen-bond donors (Lipinski definition) is 1. The number of amides is 2. The van der Waals surface area contributed by atoms with E-state index >= 15 is 0 Å². The first-order valence-electron chi connectivity index (χ1n) is 9.24. The van der Waals surface area contributed by atoms with Crippen molar-refractivity contribution < 1.29 is 14.3 Å². The Bertz CT molecular complexity index is 863. The van der Waals surface area contributed by atoms with Crippen molar-refractivity contribution in [2.24, 2.45) is 0 Å². The van der Waals surface area contributed by atoms with E-state index in [9.17, 15) is 9.59 Å². The number of para-hydroxylation sites is 1. The number of nitrogens with zero attached hydrogens (tertiary/aromatic N) is 4. The molecule has 0 aliphatic carbocycles. The van der Waals surface area contributed by atoms with Crippen molar-refractivity contribution in [2.45, 2.75) is 20.4 Å². The SMILES string of the molecule is COc1ccccc1CNc1nc(C)cc(C(=O)N2CCN(C(C)=O)CC2)n1. The maximum atomic E-state index is 12.8. The number of nitrogens with one attached hydrogen (secondary N) is 1. The molecule has 8 nitrogen and oxygen atoms in total. The number of benzene rings is 1. The van der Waals surface area contributed by atoms with Crippen LogP contribution in [0.4, 0.5) is 5.95 Å². The van der Waals surface area contributed by atoms with E-state index in [2.05, 4.69) is 15.3 Å². The van der Waals surface area contributed by atoms with Gasteiger partial charge in [0.25, 0.3) is 5.91 Å². The Hall–Kier alpha value is -3.16. The van der Waals surface area contributed by atoms with Crippen LogP contribution in [0.1, 0.15) is 28.7 Å². The molecule has 1 aliphatic rings. The molecule has 1 fully saturated rings. The van der Waals surface area contributed by atoms with Gasteiger partial charge in [-0.3, -0.25) is 9.59 Å². The fraction of sp³-hybridized carbons (Fsp3) is 0.400. The van der Waals surface area contributed by atoms with Gasteiger partial charge in [-0.05, 0) is 19.1 Å². The quantitative estimate of drug-likeness (QED) is 0.846. The number of rotatable bonds is 5. The summed E-state index contributed by atoms with van der Waals surface area (Å²) >= 11 is 0. The summed E-state index contributed by atoms with van der Waals surface area (Å²) in [5.74, 6) is 1.07. The van der Waals surface area contributed by atoms with Crippen LogP contribution >= 0.6 is 0 Å². The average molecular weight is 383 g/mol. The number of aryl methyl sites for hydroxylation is 1. The van der Waals surface area contributed by atoms with E-state index in [1.807, 2.05) is 31.2 Å². The topological polar surface area (TPSA) is 87.7 Å². The Balaban J connectivity index is 1.69. The van der Waals surface area contributed by atoms with Gasteiger partial charge in [0.15, 0.2) is 0 Å².